The Morgan fingerprint density at radius 1 is 1.37 bits per heavy atom. The monoisotopic (exact) mass is 262 g/mol. The van der Waals surface area contributed by atoms with Gasteiger partial charge in [-0.2, -0.15) is 0 Å². The van der Waals surface area contributed by atoms with E-state index in [4.69, 9.17) is 5.11 Å². The Hall–Kier alpha value is -2.50. The van der Waals surface area contributed by atoms with Crippen LogP contribution in [0.3, 0.4) is 0 Å². The number of carbonyl (C=O) groups excluding carboxylic acids is 1. The third-order valence-corrected chi connectivity index (χ3v) is 2.91. The van der Waals surface area contributed by atoms with Gasteiger partial charge in [-0.25, -0.2) is 0 Å². The Bertz CT molecular complexity index is 633. The number of carbonyl (C=O) groups is 2. The number of aromatic nitrogens is 1. The van der Waals surface area contributed by atoms with Crippen LogP contribution in [0.1, 0.15) is 5.56 Å². The molecule has 0 radical (unpaired) electrons. The van der Waals surface area contributed by atoms with Gasteiger partial charge in [0.25, 0.3) is 0 Å². The number of benzene rings is 1. The minimum Gasteiger partial charge on any atom is -0.507 e. The first-order valence-corrected chi connectivity index (χ1v) is 5.72. The van der Waals surface area contributed by atoms with Gasteiger partial charge in [-0.3, -0.25) is 9.59 Å². The molecule has 0 aliphatic heterocycles. The van der Waals surface area contributed by atoms with Crippen molar-refractivity contribution in [1.29, 1.82) is 0 Å². The molecule has 1 amide bonds. The number of likely N-dealkylation sites (N-methyl/N-ethyl adjacent to an activating group) is 1. The van der Waals surface area contributed by atoms with Gasteiger partial charge in [0.2, 0.25) is 5.91 Å². The van der Waals surface area contributed by atoms with Crippen LogP contribution in [-0.4, -0.2) is 45.6 Å². The number of rotatable bonds is 4. The highest BCUT2D eigenvalue weighted by Gasteiger charge is 2.16. The van der Waals surface area contributed by atoms with Gasteiger partial charge < -0.3 is 20.1 Å². The van der Waals surface area contributed by atoms with E-state index in [1.165, 1.54) is 7.05 Å². The van der Waals surface area contributed by atoms with Crippen molar-refractivity contribution in [3.05, 3.63) is 30.0 Å². The van der Waals surface area contributed by atoms with Gasteiger partial charge in [-0.1, -0.05) is 6.07 Å². The number of hydrogen-bond donors (Lipinski definition) is 3. The second-order valence-corrected chi connectivity index (χ2v) is 4.33. The summed E-state index contributed by atoms with van der Waals surface area (Å²) in [7, 11) is 1.44. The van der Waals surface area contributed by atoms with Crippen LogP contribution in [0.5, 0.6) is 5.75 Å². The molecule has 0 bridgehead atoms. The third kappa shape index (κ3) is 2.67. The summed E-state index contributed by atoms with van der Waals surface area (Å²) in [6.45, 7) is -0.340. The third-order valence-electron chi connectivity index (χ3n) is 2.91. The van der Waals surface area contributed by atoms with E-state index < -0.39 is 5.97 Å². The molecule has 0 saturated carbocycles. The van der Waals surface area contributed by atoms with Gasteiger partial charge in [0.1, 0.15) is 12.3 Å². The molecule has 19 heavy (non-hydrogen) atoms. The summed E-state index contributed by atoms with van der Waals surface area (Å²) in [5, 5.41) is 19.0. The molecule has 1 aromatic carbocycles. The predicted molar refractivity (Wildman–Crippen MR) is 68.9 cm³/mol. The number of carboxylic acid groups (broad SMARTS) is 1. The van der Waals surface area contributed by atoms with Crippen LogP contribution in [0.25, 0.3) is 10.9 Å². The lowest BCUT2D eigenvalue weighted by Gasteiger charge is -2.14. The summed E-state index contributed by atoms with van der Waals surface area (Å²) in [6.07, 6.45) is 1.69. The van der Waals surface area contributed by atoms with E-state index in [1.807, 2.05) is 0 Å². The van der Waals surface area contributed by atoms with Crippen molar-refractivity contribution in [1.82, 2.24) is 9.88 Å². The zero-order valence-corrected chi connectivity index (χ0v) is 10.4. The highest BCUT2D eigenvalue weighted by molar-refractivity contribution is 5.93. The molecule has 2 rings (SSSR count). The van der Waals surface area contributed by atoms with Crippen molar-refractivity contribution in [2.75, 3.05) is 13.6 Å². The van der Waals surface area contributed by atoms with Crippen molar-refractivity contribution >= 4 is 22.8 Å². The molecule has 2 aromatic rings. The van der Waals surface area contributed by atoms with E-state index in [0.29, 0.717) is 10.9 Å². The lowest BCUT2D eigenvalue weighted by Crippen LogP contribution is -2.33. The van der Waals surface area contributed by atoms with E-state index in [-0.39, 0.29) is 24.6 Å². The van der Waals surface area contributed by atoms with E-state index >= 15 is 0 Å². The average molecular weight is 262 g/mol. The largest absolute Gasteiger partial charge is 0.507 e. The average Bonchev–Trinajstić information content (AvgIpc) is 2.73. The molecule has 0 spiro atoms. The summed E-state index contributed by atoms with van der Waals surface area (Å²) in [5.74, 6) is -1.27. The zero-order valence-electron chi connectivity index (χ0n) is 10.4. The number of carboxylic acids is 1. The summed E-state index contributed by atoms with van der Waals surface area (Å²) in [6, 6.07) is 5.05. The SMILES string of the molecule is CN(CC(=O)O)C(=O)Cc1c[nH]c2cccc(O)c12. The van der Waals surface area contributed by atoms with E-state index in [2.05, 4.69) is 4.98 Å². The van der Waals surface area contributed by atoms with Gasteiger partial charge in [-0.15, -0.1) is 0 Å². The second-order valence-electron chi connectivity index (χ2n) is 4.33. The molecular formula is C13H14N2O4. The molecule has 0 aliphatic carbocycles. The number of phenolic OH excluding ortho intramolecular Hbond substituents is 1. The Kier molecular flexibility index (Phi) is 3.41. The van der Waals surface area contributed by atoms with Crippen molar-refractivity contribution in [2.45, 2.75) is 6.42 Å². The highest BCUT2D eigenvalue weighted by Crippen LogP contribution is 2.27. The quantitative estimate of drug-likeness (QED) is 0.765. The van der Waals surface area contributed by atoms with Crippen LogP contribution < -0.4 is 0 Å². The number of fused-ring (bicyclic) bond motifs is 1. The Balaban J connectivity index is 2.22. The Morgan fingerprint density at radius 3 is 2.79 bits per heavy atom. The number of nitrogens with zero attached hydrogens (tertiary/aromatic N) is 1. The maximum Gasteiger partial charge on any atom is 0.323 e. The van der Waals surface area contributed by atoms with Crippen molar-refractivity contribution in [3.63, 3.8) is 0 Å². The van der Waals surface area contributed by atoms with Crippen LogP contribution in [0.2, 0.25) is 0 Å². The molecule has 100 valence electrons. The highest BCUT2D eigenvalue weighted by atomic mass is 16.4. The molecule has 0 atom stereocenters. The van der Waals surface area contributed by atoms with Crippen LogP contribution in [0, 0.1) is 0 Å². The number of amides is 1. The lowest BCUT2D eigenvalue weighted by atomic mass is 10.1. The molecule has 6 nitrogen and oxygen atoms in total. The van der Waals surface area contributed by atoms with Crippen molar-refractivity contribution < 1.29 is 19.8 Å². The number of aromatic amines is 1. The molecule has 0 unspecified atom stereocenters. The second kappa shape index (κ2) is 5.01. The number of hydrogen-bond acceptors (Lipinski definition) is 3. The smallest absolute Gasteiger partial charge is 0.323 e. The lowest BCUT2D eigenvalue weighted by molar-refractivity contribution is -0.143. The van der Waals surface area contributed by atoms with Gasteiger partial charge in [0.05, 0.1) is 6.42 Å². The predicted octanol–water partition coefficient (Wildman–Crippen LogP) is 0.959. The summed E-state index contributed by atoms with van der Waals surface area (Å²) in [5.41, 5.74) is 1.39. The minimum atomic E-state index is -1.06. The van der Waals surface area contributed by atoms with E-state index in [0.717, 1.165) is 10.4 Å². The molecule has 1 heterocycles. The van der Waals surface area contributed by atoms with Crippen molar-refractivity contribution in [2.24, 2.45) is 0 Å². The molecule has 0 aliphatic rings. The number of aliphatic carboxylic acids is 1. The molecule has 3 N–H and O–H groups in total. The normalized spacial score (nSPS) is 10.6. The number of aromatic hydroxyl groups is 1. The maximum atomic E-state index is 11.9. The van der Waals surface area contributed by atoms with Crippen LogP contribution >= 0.6 is 0 Å². The number of nitrogens with one attached hydrogen (secondary N) is 1. The van der Waals surface area contributed by atoms with Gasteiger partial charge in [-0.05, 0) is 17.7 Å². The molecular weight excluding hydrogens is 248 g/mol. The van der Waals surface area contributed by atoms with Crippen LogP contribution in [0.15, 0.2) is 24.4 Å². The fourth-order valence-electron chi connectivity index (χ4n) is 1.96. The standard InChI is InChI=1S/C13H14N2O4/c1-15(7-12(18)19)11(17)5-8-6-14-9-3-2-4-10(16)13(8)9/h2-4,6,14,16H,5,7H2,1H3,(H,18,19). The summed E-state index contributed by atoms with van der Waals surface area (Å²) < 4.78 is 0. The topological polar surface area (TPSA) is 93.6 Å². The summed E-state index contributed by atoms with van der Waals surface area (Å²) >= 11 is 0. The van der Waals surface area contributed by atoms with Crippen LogP contribution in [-0.2, 0) is 16.0 Å². The first-order valence-electron chi connectivity index (χ1n) is 5.72. The molecule has 0 saturated heterocycles. The minimum absolute atomic E-state index is 0.0430. The summed E-state index contributed by atoms with van der Waals surface area (Å²) in [4.78, 5) is 26.5. The fraction of sp³-hybridized carbons (Fsp3) is 0.231. The van der Waals surface area contributed by atoms with Gasteiger partial charge in [0.15, 0.2) is 0 Å². The molecule has 6 heteroatoms. The van der Waals surface area contributed by atoms with Gasteiger partial charge in [0, 0.05) is 24.1 Å². The Labute approximate surface area is 109 Å². The van der Waals surface area contributed by atoms with E-state index in [9.17, 15) is 14.7 Å². The zero-order chi connectivity index (χ0) is 14.0. The number of H-pyrrole nitrogens is 1. The van der Waals surface area contributed by atoms with Crippen LogP contribution in [0.4, 0.5) is 0 Å². The van der Waals surface area contributed by atoms with E-state index in [1.54, 1.807) is 24.4 Å². The molecule has 0 fully saturated rings. The maximum absolute atomic E-state index is 11.9. The number of phenols is 1. The Morgan fingerprint density at radius 2 is 2.11 bits per heavy atom. The first kappa shape index (κ1) is 12.9. The first-order chi connectivity index (χ1) is 8.99. The molecule has 1 aromatic heterocycles. The fourth-order valence-corrected chi connectivity index (χ4v) is 1.96. The van der Waals surface area contributed by atoms with Crippen molar-refractivity contribution in [3.8, 4) is 5.75 Å². The van der Waals surface area contributed by atoms with Gasteiger partial charge >= 0.3 is 5.97 Å².